The van der Waals surface area contributed by atoms with Gasteiger partial charge in [-0.2, -0.15) is 5.10 Å². The highest BCUT2D eigenvalue weighted by molar-refractivity contribution is 5.94. The van der Waals surface area contributed by atoms with Crippen LogP contribution in [-0.4, -0.2) is 55.7 Å². The Morgan fingerprint density at radius 1 is 1.13 bits per heavy atom. The molecule has 2 N–H and O–H groups in total. The number of aromatic nitrogens is 2. The zero-order chi connectivity index (χ0) is 20.5. The fourth-order valence-corrected chi connectivity index (χ4v) is 3.71. The third kappa shape index (κ3) is 3.66. The Bertz CT molecular complexity index is 1080. The predicted molar refractivity (Wildman–Crippen MR) is 113 cm³/mol. The summed E-state index contributed by atoms with van der Waals surface area (Å²) in [6.07, 6.45) is 0.262. The van der Waals surface area contributed by atoms with E-state index < -0.39 is 6.09 Å². The van der Waals surface area contributed by atoms with E-state index in [9.17, 15) is 4.79 Å². The standard InChI is InChI=1S/C22H24N4O4/c1-26(17-12-28-13-17)16-8-14-7-15(9-16)21-19-10-18(3-4-20(19)24-25-21)29-6-2-5-23-22(27)30-11-14/h3-4,7-10,17H,2,5-6,11-13H2,1H3,(H,23,27)(H,24,25). The van der Waals surface area contributed by atoms with Gasteiger partial charge in [-0.05, 0) is 48.4 Å². The van der Waals surface area contributed by atoms with Gasteiger partial charge >= 0.3 is 6.09 Å². The van der Waals surface area contributed by atoms with Gasteiger partial charge in [0.25, 0.3) is 0 Å². The van der Waals surface area contributed by atoms with Crippen molar-refractivity contribution in [3.8, 4) is 17.0 Å². The number of alkyl carbamates (subject to hydrolysis) is 1. The molecule has 1 amide bonds. The fourth-order valence-electron chi connectivity index (χ4n) is 3.71. The molecule has 8 heteroatoms. The molecule has 2 aliphatic heterocycles. The van der Waals surface area contributed by atoms with Gasteiger partial charge in [0.15, 0.2) is 0 Å². The van der Waals surface area contributed by atoms with Gasteiger partial charge in [-0.25, -0.2) is 4.79 Å². The summed E-state index contributed by atoms with van der Waals surface area (Å²) < 4.78 is 16.6. The van der Waals surface area contributed by atoms with Gasteiger partial charge in [0, 0.05) is 30.2 Å². The highest BCUT2D eigenvalue weighted by Gasteiger charge is 2.24. The number of hydrogen-bond acceptors (Lipinski definition) is 6. The highest BCUT2D eigenvalue weighted by Crippen LogP contribution is 2.33. The average molecular weight is 408 g/mol. The van der Waals surface area contributed by atoms with Crippen molar-refractivity contribution in [2.45, 2.75) is 19.1 Å². The second-order valence-corrected chi connectivity index (χ2v) is 7.67. The molecule has 2 aromatic carbocycles. The van der Waals surface area contributed by atoms with Crippen molar-refractivity contribution >= 4 is 22.7 Å². The number of likely N-dealkylation sites (N-methyl/N-ethyl adjacent to an activating group) is 1. The van der Waals surface area contributed by atoms with Crippen molar-refractivity contribution < 1.29 is 19.0 Å². The van der Waals surface area contributed by atoms with Crippen molar-refractivity contribution in [2.75, 3.05) is 38.3 Å². The molecule has 0 radical (unpaired) electrons. The number of rotatable bonds is 2. The Kier molecular flexibility index (Phi) is 4.92. The number of carbonyl (C=O) groups is 1. The van der Waals surface area contributed by atoms with Crippen molar-refractivity contribution in [3.63, 3.8) is 0 Å². The number of fused-ring (bicyclic) bond motifs is 4. The number of nitrogens with zero attached hydrogens (tertiary/aromatic N) is 2. The molecule has 30 heavy (non-hydrogen) atoms. The molecule has 0 aliphatic carbocycles. The third-order valence-corrected chi connectivity index (χ3v) is 5.59. The molecule has 1 saturated heterocycles. The number of nitrogens with one attached hydrogen (secondary N) is 2. The summed E-state index contributed by atoms with van der Waals surface area (Å²) in [4.78, 5) is 14.2. The summed E-state index contributed by atoms with van der Waals surface area (Å²) in [7, 11) is 2.06. The summed E-state index contributed by atoms with van der Waals surface area (Å²) >= 11 is 0. The van der Waals surface area contributed by atoms with E-state index in [2.05, 4.69) is 39.6 Å². The van der Waals surface area contributed by atoms with Gasteiger partial charge in [-0.15, -0.1) is 0 Å². The van der Waals surface area contributed by atoms with Gasteiger partial charge in [0.05, 0.1) is 31.4 Å². The summed E-state index contributed by atoms with van der Waals surface area (Å²) in [6, 6.07) is 12.4. The number of ether oxygens (including phenoxy) is 3. The van der Waals surface area contributed by atoms with Crippen molar-refractivity contribution in [3.05, 3.63) is 42.0 Å². The first-order chi connectivity index (χ1) is 14.7. The molecule has 1 aromatic heterocycles. The van der Waals surface area contributed by atoms with Crippen molar-refractivity contribution in [2.24, 2.45) is 0 Å². The van der Waals surface area contributed by atoms with Gasteiger partial charge in [0.2, 0.25) is 0 Å². The van der Waals surface area contributed by atoms with E-state index >= 15 is 0 Å². The largest absolute Gasteiger partial charge is 0.494 e. The van der Waals surface area contributed by atoms with Gasteiger partial charge < -0.3 is 24.4 Å². The van der Waals surface area contributed by atoms with E-state index in [0.29, 0.717) is 38.8 Å². The maximum absolute atomic E-state index is 12.0. The van der Waals surface area contributed by atoms with E-state index in [0.717, 1.165) is 39.2 Å². The minimum absolute atomic E-state index is 0.186. The summed E-state index contributed by atoms with van der Waals surface area (Å²) in [5.41, 5.74) is 4.69. The maximum atomic E-state index is 12.0. The molecule has 0 atom stereocenters. The van der Waals surface area contributed by atoms with Gasteiger partial charge in [-0.3, -0.25) is 5.10 Å². The number of anilines is 1. The lowest BCUT2D eigenvalue weighted by atomic mass is 10.0. The van der Waals surface area contributed by atoms with E-state index in [-0.39, 0.29) is 6.61 Å². The van der Waals surface area contributed by atoms with Gasteiger partial charge in [-0.1, -0.05) is 0 Å². The van der Waals surface area contributed by atoms with E-state index in [1.54, 1.807) is 0 Å². The molecule has 2 aliphatic rings. The van der Waals surface area contributed by atoms with Crippen molar-refractivity contribution in [1.82, 2.24) is 15.5 Å². The maximum Gasteiger partial charge on any atom is 0.407 e. The molecule has 3 heterocycles. The van der Waals surface area contributed by atoms with Crippen molar-refractivity contribution in [1.29, 1.82) is 0 Å². The minimum atomic E-state index is -0.430. The zero-order valence-corrected chi connectivity index (χ0v) is 16.8. The molecule has 0 spiro atoms. The van der Waals surface area contributed by atoms with E-state index in [4.69, 9.17) is 14.2 Å². The number of cyclic esters (lactones) is 1. The molecule has 5 rings (SSSR count). The Labute approximate surface area is 174 Å². The Balaban J connectivity index is 1.60. The minimum Gasteiger partial charge on any atom is -0.494 e. The van der Waals surface area contributed by atoms with Crippen LogP contribution < -0.4 is 15.0 Å². The molecular weight excluding hydrogens is 384 g/mol. The molecule has 1 fully saturated rings. The van der Waals surface area contributed by atoms with Crippen LogP contribution in [0.15, 0.2) is 36.4 Å². The molecule has 156 valence electrons. The van der Waals surface area contributed by atoms with Crippen LogP contribution in [0.25, 0.3) is 22.2 Å². The number of hydrogen-bond donors (Lipinski definition) is 2. The highest BCUT2D eigenvalue weighted by atomic mass is 16.5. The third-order valence-electron chi connectivity index (χ3n) is 5.59. The molecule has 3 aromatic rings. The second-order valence-electron chi connectivity index (χ2n) is 7.67. The molecule has 0 saturated carbocycles. The van der Waals surface area contributed by atoms with Crippen LogP contribution >= 0.6 is 0 Å². The molecule has 0 unspecified atom stereocenters. The summed E-state index contributed by atoms with van der Waals surface area (Å²) in [6.45, 7) is 2.60. The molecule has 4 bridgehead atoms. The predicted octanol–water partition coefficient (Wildman–Crippen LogP) is 3.07. The first kappa shape index (κ1) is 18.7. The Morgan fingerprint density at radius 3 is 2.87 bits per heavy atom. The lowest BCUT2D eigenvalue weighted by Gasteiger charge is -2.36. The summed E-state index contributed by atoms with van der Waals surface area (Å²) in [5.74, 6) is 0.780. The Morgan fingerprint density at radius 2 is 2.03 bits per heavy atom. The number of amides is 1. The van der Waals surface area contributed by atoms with E-state index in [1.165, 1.54) is 0 Å². The first-order valence-corrected chi connectivity index (χ1v) is 10.1. The fraction of sp³-hybridized carbons (Fsp3) is 0.364. The molecule has 8 nitrogen and oxygen atoms in total. The normalized spacial score (nSPS) is 17.3. The van der Waals surface area contributed by atoms with Crippen LogP contribution in [-0.2, 0) is 16.1 Å². The van der Waals surface area contributed by atoms with Crippen LogP contribution in [0, 0.1) is 0 Å². The lowest BCUT2D eigenvalue weighted by molar-refractivity contribution is 0.0101. The average Bonchev–Trinajstić information content (AvgIpc) is 3.13. The number of carbonyl (C=O) groups excluding carboxylic acids is 1. The number of H-pyrrole nitrogens is 1. The topological polar surface area (TPSA) is 88.7 Å². The van der Waals surface area contributed by atoms with Crippen LogP contribution in [0.5, 0.6) is 5.75 Å². The van der Waals surface area contributed by atoms with Crippen LogP contribution in [0.3, 0.4) is 0 Å². The monoisotopic (exact) mass is 408 g/mol. The van der Waals surface area contributed by atoms with Gasteiger partial charge in [0.1, 0.15) is 18.1 Å². The van der Waals surface area contributed by atoms with Crippen LogP contribution in [0.2, 0.25) is 0 Å². The second kappa shape index (κ2) is 7.87. The first-order valence-electron chi connectivity index (χ1n) is 10.1. The zero-order valence-electron chi connectivity index (χ0n) is 16.8. The Hall–Kier alpha value is -3.26. The van der Waals surface area contributed by atoms with E-state index in [1.807, 2.05) is 24.3 Å². The summed E-state index contributed by atoms with van der Waals surface area (Å²) in [5, 5.41) is 11.4. The van der Waals surface area contributed by atoms with Crippen LogP contribution in [0.4, 0.5) is 10.5 Å². The molecular formula is C22H24N4O4. The number of aromatic amines is 1. The lowest BCUT2D eigenvalue weighted by Crippen LogP contribution is -2.47. The SMILES string of the molecule is CN(c1cc2cc(c1)-c1n[nH]c3ccc(cc13)OCCCNC(=O)OC2)C1COC1. The smallest absolute Gasteiger partial charge is 0.407 e. The quantitative estimate of drug-likeness (QED) is 0.678. The number of benzene rings is 2. The van der Waals surface area contributed by atoms with Crippen LogP contribution in [0.1, 0.15) is 12.0 Å².